The van der Waals surface area contributed by atoms with Crippen molar-refractivity contribution < 1.29 is 8.91 Å². The standard InChI is InChI=1S/C13H16FN3O/c1-4-11(15-3)13-16-12(17-18-13)9-6-5-8(2)10(14)7-9/h5-7,11,15H,4H2,1-3H3. The lowest BCUT2D eigenvalue weighted by Crippen LogP contribution is -2.15. The molecule has 0 radical (unpaired) electrons. The van der Waals surface area contributed by atoms with Crippen LogP contribution in [-0.4, -0.2) is 17.2 Å². The molecule has 0 fully saturated rings. The number of aromatic nitrogens is 2. The molecule has 0 amide bonds. The van der Waals surface area contributed by atoms with Crippen LogP contribution < -0.4 is 5.32 Å². The third kappa shape index (κ3) is 2.41. The molecule has 1 unspecified atom stereocenters. The minimum absolute atomic E-state index is 0.0292. The van der Waals surface area contributed by atoms with Gasteiger partial charge in [0.25, 0.3) is 0 Å². The van der Waals surface area contributed by atoms with E-state index < -0.39 is 0 Å². The molecule has 1 N–H and O–H groups in total. The summed E-state index contributed by atoms with van der Waals surface area (Å²) in [4.78, 5) is 4.29. The average molecular weight is 249 g/mol. The molecule has 2 rings (SSSR count). The first kappa shape index (κ1) is 12.7. The normalized spacial score (nSPS) is 12.7. The SMILES string of the molecule is CCC(NC)c1nc(-c2ccc(C)c(F)c2)no1. The Morgan fingerprint density at radius 1 is 1.44 bits per heavy atom. The van der Waals surface area contributed by atoms with E-state index >= 15 is 0 Å². The Bertz CT molecular complexity index is 535. The lowest BCUT2D eigenvalue weighted by atomic mass is 10.1. The number of rotatable bonds is 4. The van der Waals surface area contributed by atoms with Gasteiger partial charge in [-0.2, -0.15) is 4.98 Å². The van der Waals surface area contributed by atoms with Crippen LogP contribution in [0.2, 0.25) is 0 Å². The molecule has 1 atom stereocenters. The topological polar surface area (TPSA) is 51.0 Å². The van der Waals surface area contributed by atoms with Gasteiger partial charge in [-0.15, -0.1) is 0 Å². The number of benzene rings is 1. The van der Waals surface area contributed by atoms with E-state index in [-0.39, 0.29) is 11.9 Å². The summed E-state index contributed by atoms with van der Waals surface area (Å²) in [7, 11) is 1.84. The lowest BCUT2D eigenvalue weighted by molar-refractivity contribution is 0.334. The minimum Gasteiger partial charge on any atom is -0.337 e. The minimum atomic E-state index is -0.264. The van der Waals surface area contributed by atoms with Gasteiger partial charge in [-0.25, -0.2) is 4.39 Å². The van der Waals surface area contributed by atoms with E-state index in [2.05, 4.69) is 15.5 Å². The smallest absolute Gasteiger partial charge is 0.244 e. The van der Waals surface area contributed by atoms with E-state index in [0.29, 0.717) is 22.8 Å². The highest BCUT2D eigenvalue weighted by atomic mass is 19.1. The second-order valence-corrected chi connectivity index (χ2v) is 4.17. The summed E-state index contributed by atoms with van der Waals surface area (Å²) in [5.41, 5.74) is 1.23. The Balaban J connectivity index is 2.31. The first-order valence-corrected chi connectivity index (χ1v) is 5.93. The Labute approximate surface area is 105 Å². The highest BCUT2D eigenvalue weighted by Gasteiger charge is 2.16. The third-order valence-electron chi connectivity index (χ3n) is 2.93. The van der Waals surface area contributed by atoms with Crippen molar-refractivity contribution in [2.75, 3.05) is 7.05 Å². The van der Waals surface area contributed by atoms with Gasteiger partial charge in [-0.05, 0) is 32.0 Å². The predicted octanol–water partition coefficient (Wildman–Crippen LogP) is 2.85. The van der Waals surface area contributed by atoms with Crippen LogP contribution in [0, 0.1) is 12.7 Å². The quantitative estimate of drug-likeness (QED) is 0.905. The van der Waals surface area contributed by atoms with Crippen LogP contribution in [0.15, 0.2) is 22.7 Å². The first-order chi connectivity index (χ1) is 8.65. The molecule has 5 heteroatoms. The summed E-state index contributed by atoms with van der Waals surface area (Å²) in [6, 6.07) is 4.94. The third-order valence-corrected chi connectivity index (χ3v) is 2.93. The molecule has 0 bridgehead atoms. The number of nitrogens with zero attached hydrogens (tertiary/aromatic N) is 2. The van der Waals surface area contributed by atoms with Gasteiger partial charge in [0.15, 0.2) is 0 Å². The van der Waals surface area contributed by atoms with Crippen LogP contribution in [0.5, 0.6) is 0 Å². The molecule has 0 saturated carbocycles. The van der Waals surface area contributed by atoms with Crippen molar-refractivity contribution in [3.63, 3.8) is 0 Å². The number of aryl methyl sites for hydroxylation is 1. The van der Waals surface area contributed by atoms with E-state index in [4.69, 9.17) is 4.52 Å². The van der Waals surface area contributed by atoms with Crippen LogP contribution in [-0.2, 0) is 0 Å². The maximum atomic E-state index is 13.5. The van der Waals surface area contributed by atoms with Crippen molar-refractivity contribution >= 4 is 0 Å². The molecule has 4 nitrogen and oxygen atoms in total. The van der Waals surface area contributed by atoms with Crippen molar-refractivity contribution in [3.8, 4) is 11.4 Å². The molecule has 96 valence electrons. The van der Waals surface area contributed by atoms with Crippen molar-refractivity contribution in [2.24, 2.45) is 0 Å². The fraction of sp³-hybridized carbons (Fsp3) is 0.385. The van der Waals surface area contributed by atoms with E-state index in [0.717, 1.165) is 6.42 Å². The Morgan fingerprint density at radius 3 is 2.83 bits per heavy atom. The number of halogens is 1. The second-order valence-electron chi connectivity index (χ2n) is 4.17. The molecule has 0 saturated heterocycles. The molecule has 1 aromatic carbocycles. The largest absolute Gasteiger partial charge is 0.337 e. The summed E-state index contributed by atoms with van der Waals surface area (Å²) in [6.45, 7) is 3.74. The van der Waals surface area contributed by atoms with Gasteiger partial charge in [0.1, 0.15) is 5.82 Å². The molecule has 0 spiro atoms. The summed E-state index contributed by atoms with van der Waals surface area (Å²) < 4.78 is 18.7. The van der Waals surface area contributed by atoms with Crippen LogP contribution >= 0.6 is 0 Å². The molecule has 1 heterocycles. The number of nitrogens with one attached hydrogen (secondary N) is 1. The Morgan fingerprint density at radius 2 is 2.22 bits per heavy atom. The molecule has 18 heavy (non-hydrogen) atoms. The van der Waals surface area contributed by atoms with E-state index in [1.807, 2.05) is 14.0 Å². The molecule has 0 aliphatic rings. The van der Waals surface area contributed by atoms with Crippen molar-refractivity contribution in [2.45, 2.75) is 26.3 Å². The van der Waals surface area contributed by atoms with Crippen LogP contribution in [0.25, 0.3) is 11.4 Å². The van der Waals surface area contributed by atoms with Gasteiger partial charge in [0, 0.05) is 5.56 Å². The van der Waals surface area contributed by atoms with Crippen molar-refractivity contribution in [3.05, 3.63) is 35.5 Å². The van der Waals surface area contributed by atoms with Crippen LogP contribution in [0.4, 0.5) is 4.39 Å². The zero-order chi connectivity index (χ0) is 13.1. The maximum Gasteiger partial charge on any atom is 0.244 e. The van der Waals surface area contributed by atoms with Crippen LogP contribution in [0.3, 0.4) is 0 Å². The van der Waals surface area contributed by atoms with E-state index in [1.165, 1.54) is 6.07 Å². The predicted molar refractivity (Wildman–Crippen MR) is 66.5 cm³/mol. The molecular formula is C13H16FN3O. The van der Waals surface area contributed by atoms with Gasteiger partial charge in [0.05, 0.1) is 6.04 Å². The maximum absolute atomic E-state index is 13.5. The van der Waals surface area contributed by atoms with E-state index in [1.54, 1.807) is 19.1 Å². The monoisotopic (exact) mass is 249 g/mol. The summed E-state index contributed by atoms with van der Waals surface area (Å²) in [5, 5.41) is 6.96. The van der Waals surface area contributed by atoms with Crippen molar-refractivity contribution in [1.82, 2.24) is 15.5 Å². The summed E-state index contributed by atoms with van der Waals surface area (Å²) >= 11 is 0. The van der Waals surface area contributed by atoms with E-state index in [9.17, 15) is 4.39 Å². The zero-order valence-corrected chi connectivity index (χ0v) is 10.7. The van der Waals surface area contributed by atoms with Gasteiger partial charge >= 0.3 is 0 Å². The first-order valence-electron chi connectivity index (χ1n) is 5.93. The van der Waals surface area contributed by atoms with Gasteiger partial charge in [-0.1, -0.05) is 24.2 Å². The molecule has 2 aromatic rings. The molecule has 0 aliphatic heterocycles. The molecule has 0 aliphatic carbocycles. The van der Waals surface area contributed by atoms with Gasteiger partial charge in [0.2, 0.25) is 11.7 Å². The summed E-state index contributed by atoms with van der Waals surface area (Å²) in [5.74, 6) is 0.674. The molecular weight excluding hydrogens is 233 g/mol. The number of hydrogen-bond donors (Lipinski definition) is 1. The average Bonchev–Trinajstić information content (AvgIpc) is 2.84. The number of hydrogen-bond acceptors (Lipinski definition) is 4. The fourth-order valence-corrected chi connectivity index (χ4v) is 1.73. The Hall–Kier alpha value is -1.75. The van der Waals surface area contributed by atoms with Crippen LogP contribution in [0.1, 0.15) is 30.8 Å². The highest BCUT2D eigenvalue weighted by Crippen LogP contribution is 2.21. The van der Waals surface area contributed by atoms with Crippen molar-refractivity contribution in [1.29, 1.82) is 0 Å². The van der Waals surface area contributed by atoms with Gasteiger partial charge in [-0.3, -0.25) is 0 Å². The van der Waals surface area contributed by atoms with Gasteiger partial charge < -0.3 is 9.84 Å². The zero-order valence-electron chi connectivity index (χ0n) is 10.7. The fourth-order valence-electron chi connectivity index (χ4n) is 1.73. The highest BCUT2D eigenvalue weighted by molar-refractivity contribution is 5.54. The summed E-state index contributed by atoms with van der Waals surface area (Å²) in [6.07, 6.45) is 0.848. The lowest BCUT2D eigenvalue weighted by Gasteiger charge is -2.06. The second kappa shape index (κ2) is 5.27. The Kier molecular flexibility index (Phi) is 3.72. The molecule has 1 aromatic heterocycles.